The Balaban J connectivity index is 0. The first-order valence-electron chi connectivity index (χ1n) is 2.18. The van der Waals surface area contributed by atoms with E-state index in [4.69, 9.17) is 5.11 Å². The molecule has 0 radical (unpaired) electrons. The van der Waals surface area contributed by atoms with Gasteiger partial charge in [-0.25, -0.2) is 0 Å². The molecule has 0 aliphatic carbocycles. The largest absolute Gasteiger partial charge is 0.481 e. The van der Waals surface area contributed by atoms with Crippen molar-refractivity contribution in [3.63, 3.8) is 0 Å². The Kier molecular flexibility index (Phi) is 4.24. The summed E-state index contributed by atoms with van der Waals surface area (Å²) in [6.07, 6.45) is 0. The van der Waals surface area contributed by atoms with Gasteiger partial charge >= 0.3 is 5.97 Å². The monoisotopic (exact) mass is 154 g/mol. The molecule has 0 spiro atoms. The zero-order chi connectivity index (χ0) is 6.08. The molecule has 3 heteroatoms. The molecule has 0 aromatic heterocycles. The van der Waals surface area contributed by atoms with E-state index in [1.165, 1.54) is 0 Å². The van der Waals surface area contributed by atoms with Gasteiger partial charge < -0.3 is 5.11 Å². The van der Waals surface area contributed by atoms with Gasteiger partial charge in [0.25, 0.3) is 0 Å². The fraction of sp³-hybridized carbons (Fsp3) is 0.800. The van der Waals surface area contributed by atoms with Crippen LogP contribution >= 0.6 is 0 Å². The molecule has 48 valence electrons. The molecule has 1 N–H and O–H groups in total. The molecule has 8 heavy (non-hydrogen) atoms. The number of hydrogen-bond donors (Lipinski definition) is 1. The van der Waals surface area contributed by atoms with Gasteiger partial charge in [-0.15, -0.1) is 0 Å². The van der Waals surface area contributed by atoms with Crippen molar-refractivity contribution in [3.8, 4) is 0 Å². The van der Waals surface area contributed by atoms with Gasteiger partial charge in [-0.1, -0.05) is 0 Å². The van der Waals surface area contributed by atoms with E-state index in [-0.39, 0.29) is 17.4 Å². The molecule has 0 aromatic carbocycles. The fourth-order valence-corrected chi connectivity index (χ4v) is 0. The van der Waals surface area contributed by atoms with Crippen LogP contribution in [0.5, 0.6) is 0 Å². The van der Waals surface area contributed by atoms with Crippen molar-refractivity contribution in [1.29, 1.82) is 0 Å². The van der Waals surface area contributed by atoms with Gasteiger partial charge in [-0.2, -0.15) is 0 Å². The third kappa shape index (κ3) is 4.17. The summed E-state index contributed by atoms with van der Waals surface area (Å²) in [6, 6.07) is 0. The zero-order valence-electron chi connectivity index (χ0n) is 5.26. The summed E-state index contributed by atoms with van der Waals surface area (Å²) >= 11 is 0. The average molecular weight is 154 g/mol. The number of aliphatic carboxylic acids is 1. The number of hydrogen-bond acceptors (Lipinski definition) is 1. The van der Waals surface area contributed by atoms with Gasteiger partial charge in [0.15, 0.2) is 0 Å². The Bertz CT molecular complexity index is 82.9. The molecule has 0 rings (SSSR count). The Morgan fingerprint density at radius 3 is 1.50 bits per heavy atom. The second-order valence-electron chi connectivity index (χ2n) is 2.56. The third-order valence-electron chi connectivity index (χ3n) is 0.642. The quantitative estimate of drug-likeness (QED) is 0.567. The van der Waals surface area contributed by atoms with Crippen molar-refractivity contribution >= 4 is 5.97 Å². The van der Waals surface area contributed by atoms with Crippen LogP contribution in [0.1, 0.15) is 20.8 Å². The summed E-state index contributed by atoms with van der Waals surface area (Å²) in [6.45, 7) is 4.99. The smallest absolute Gasteiger partial charge is 0.308 e. The van der Waals surface area contributed by atoms with Crippen LogP contribution in [-0.2, 0) is 22.2 Å². The van der Waals surface area contributed by atoms with Crippen molar-refractivity contribution < 1.29 is 27.3 Å². The van der Waals surface area contributed by atoms with Gasteiger partial charge in [0.1, 0.15) is 0 Å². The number of carboxylic acids is 1. The van der Waals surface area contributed by atoms with Gasteiger partial charge in [-0.3, -0.25) is 4.79 Å². The van der Waals surface area contributed by atoms with Gasteiger partial charge in [0, 0.05) is 17.4 Å². The number of rotatable bonds is 0. The molecule has 0 saturated heterocycles. The molecule has 0 saturated carbocycles. The normalized spacial score (nSPS) is 9.88. The van der Waals surface area contributed by atoms with Crippen LogP contribution in [0.2, 0.25) is 0 Å². The first-order chi connectivity index (χ1) is 2.94. The maximum atomic E-state index is 10.0. The Morgan fingerprint density at radius 2 is 1.50 bits per heavy atom. The van der Waals surface area contributed by atoms with Gasteiger partial charge in [0.2, 0.25) is 0 Å². The summed E-state index contributed by atoms with van der Waals surface area (Å²) in [4.78, 5) is 10.0. The molecule has 0 aliphatic heterocycles. The summed E-state index contributed by atoms with van der Waals surface area (Å²) in [5.74, 6) is -0.757. The van der Waals surface area contributed by atoms with E-state index >= 15 is 0 Å². The van der Waals surface area contributed by atoms with Crippen LogP contribution in [0.15, 0.2) is 0 Å². The summed E-state index contributed by atoms with van der Waals surface area (Å²) < 4.78 is 0. The first-order valence-corrected chi connectivity index (χ1v) is 2.18. The van der Waals surface area contributed by atoms with E-state index in [2.05, 4.69) is 0 Å². The van der Waals surface area contributed by atoms with Crippen molar-refractivity contribution in [2.24, 2.45) is 5.41 Å². The van der Waals surface area contributed by atoms with E-state index in [0.717, 1.165) is 0 Å². The predicted octanol–water partition coefficient (Wildman–Crippen LogP) is 1.11. The molecule has 0 bridgehead atoms. The minimum absolute atomic E-state index is 0. The minimum atomic E-state index is -0.757. The molecule has 0 fully saturated rings. The SMILES string of the molecule is CC(C)(C)C(=O)O.[Cr]. The molecular formula is C5H10CrO2. The molecule has 0 atom stereocenters. The molecule has 2 nitrogen and oxygen atoms in total. The van der Waals surface area contributed by atoms with Gasteiger partial charge in [-0.05, 0) is 20.8 Å². The molecule has 0 aromatic rings. The van der Waals surface area contributed by atoms with Crippen molar-refractivity contribution in [2.75, 3.05) is 0 Å². The third-order valence-corrected chi connectivity index (χ3v) is 0.642. The Morgan fingerprint density at radius 1 is 1.38 bits per heavy atom. The van der Waals surface area contributed by atoms with E-state index in [1.54, 1.807) is 20.8 Å². The molecule has 0 unspecified atom stereocenters. The number of carbonyl (C=O) groups is 1. The van der Waals surface area contributed by atoms with Crippen LogP contribution < -0.4 is 0 Å². The average Bonchev–Trinajstić information content (AvgIpc) is 1.31. The second kappa shape index (κ2) is 3.11. The molecule has 0 heterocycles. The van der Waals surface area contributed by atoms with E-state index in [1.807, 2.05) is 0 Å². The Hall–Kier alpha value is 0.00247. The van der Waals surface area contributed by atoms with E-state index in [9.17, 15) is 4.79 Å². The van der Waals surface area contributed by atoms with Crippen molar-refractivity contribution in [1.82, 2.24) is 0 Å². The standard InChI is InChI=1S/C5H10O2.Cr/c1-5(2,3)4(6)7;/h1-3H3,(H,6,7);. The number of carboxylic acid groups (broad SMARTS) is 1. The second-order valence-corrected chi connectivity index (χ2v) is 2.56. The minimum Gasteiger partial charge on any atom is -0.481 e. The molecule has 0 aliphatic rings. The summed E-state index contributed by atoms with van der Waals surface area (Å²) in [5, 5.41) is 8.25. The topological polar surface area (TPSA) is 37.3 Å². The van der Waals surface area contributed by atoms with Crippen molar-refractivity contribution in [3.05, 3.63) is 0 Å². The van der Waals surface area contributed by atoms with Crippen LogP contribution in [-0.4, -0.2) is 11.1 Å². The Labute approximate surface area is 60.0 Å². The molecular weight excluding hydrogens is 144 g/mol. The van der Waals surface area contributed by atoms with Gasteiger partial charge in [0.05, 0.1) is 5.41 Å². The van der Waals surface area contributed by atoms with E-state index in [0.29, 0.717) is 0 Å². The van der Waals surface area contributed by atoms with Crippen LogP contribution in [0.4, 0.5) is 0 Å². The predicted molar refractivity (Wildman–Crippen MR) is 27.1 cm³/mol. The zero-order valence-corrected chi connectivity index (χ0v) is 6.54. The fourth-order valence-electron chi connectivity index (χ4n) is 0. The van der Waals surface area contributed by atoms with Crippen molar-refractivity contribution in [2.45, 2.75) is 20.8 Å². The maximum absolute atomic E-state index is 10.0. The van der Waals surface area contributed by atoms with E-state index < -0.39 is 11.4 Å². The maximum Gasteiger partial charge on any atom is 0.308 e. The molecule has 0 amide bonds. The van der Waals surface area contributed by atoms with Crippen LogP contribution in [0, 0.1) is 5.41 Å². The first kappa shape index (κ1) is 10.9. The summed E-state index contributed by atoms with van der Waals surface area (Å²) in [5.41, 5.74) is -0.583. The summed E-state index contributed by atoms with van der Waals surface area (Å²) in [7, 11) is 0. The van der Waals surface area contributed by atoms with Crippen LogP contribution in [0.3, 0.4) is 0 Å². The van der Waals surface area contributed by atoms with Crippen LogP contribution in [0.25, 0.3) is 0 Å².